The predicted molar refractivity (Wildman–Crippen MR) is 97.0 cm³/mol. The molecule has 0 saturated heterocycles. The van der Waals surface area contributed by atoms with Crippen molar-refractivity contribution in [2.24, 2.45) is 5.10 Å². The van der Waals surface area contributed by atoms with Gasteiger partial charge in [-0.25, -0.2) is 9.82 Å². The van der Waals surface area contributed by atoms with Crippen molar-refractivity contribution in [2.75, 3.05) is 20.3 Å². The molecule has 0 bridgehead atoms. The monoisotopic (exact) mass is 422 g/mol. The third-order valence-corrected chi connectivity index (χ3v) is 4.28. The molecule has 1 unspecified atom stereocenters. The molecule has 1 aliphatic rings. The summed E-state index contributed by atoms with van der Waals surface area (Å²) in [6.45, 7) is 0.951. The van der Waals surface area contributed by atoms with Crippen molar-refractivity contribution in [3.63, 3.8) is 0 Å². The van der Waals surface area contributed by atoms with E-state index < -0.39 is 12.0 Å². The topological polar surface area (TPSA) is 69.2 Å². The zero-order valence-electron chi connectivity index (χ0n) is 13.9. The van der Waals surface area contributed by atoms with E-state index in [1.807, 2.05) is 0 Å². The Kier molecular flexibility index (Phi) is 5.85. The molecule has 136 valence electrons. The van der Waals surface area contributed by atoms with Gasteiger partial charge in [-0.3, -0.25) is 4.79 Å². The Morgan fingerprint density at radius 1 is 1.27 bits per heavy atom. The Balaban J connectivity index is 1.68. The van der Waals surface area contributed by atoms with E-state index in [4.69, 9.17) is 14.2 Å². The molecule has 1 atom stereocenters. The van der Waals surface area contributed by atoms with E-state index in [2.05, 4.69) is 26.5 Å². The van der Waals surface area contributed by atoms with Gasteiger partial charge in [0.25, 0.3) is 5.91 Å². The second-order valence-corrected chi connectivity index (χ2v) is 6.28. The van der Waals surface area contributed by atoms with Gasteiger partial charge >= 0.3 is 0 Å². The number of fused-ring (bicyclic) bond motifs is 1. The Morgan fingerprint density at radius 3 is 2.77 bits per heavy atom. The summed E-state index contributed by atoms with van der Waals surface area (Å²) in [5, 5.41) is 3.89. The lowest BCUT2D eigenvalue weighted by Gasteiger charge is -2.20. The van der Waals surface area contributed by atoms with Gasteiger partial charge in [0, 0.05) is 7.11 Å². The fraction of sp³-hybridized carbons (Fsp3) is 0.222. The second kappa shape index (κ2) is 8.29. The predicted octanol–water partition coefficient (Wildman–Crippen LogP) is 3.20. The first-order valence-corrected chi connectivity index (χ1v) is 8.58. The summed E-state index contributed by atoms with van der Waals surface area (Å²) >= 11 is 3.10. The highest BCUT2D eigenvalue weighted by Crippen LogP contribution is 2.33. The van der Waals surface area contributed by atoms with E-state index in [1.54, 1.807) is 30.3 Å². The lowest BCUT2D eigenvalue weighted by molar-refractivity contribution is -0.131. The molecule has 26 heavy (non-hydrogen) atoms. The summed E-state index contributed by atoms with van der Waals surface area (Å²) in [7, 11) is 1.43. The quantitative estimate of drug-likeness (QED) is 0.593. The smallest absolute Gasteiger partial charge is 0.273 e. The highest BCUT2D eigenvalue weighted by Gasteiger charge is 2.22. The first-order valence-electron chi connectivity index (χ1n) is 7.79. The fourth-order valence-corrected chi connectivity index (χ4v) is 2.84. The number of rotatable bonds is 5. The van der Waals surface area contributed by atoms with Crippen LogP contribution < -0.4 is 14.9 Å². The van der Waals surface area contributed by atoms with Crippen LogP contribution in [0.25, 0.3) is 0 Å². The molecule has 1 N–H and O–H groups in total. The van der Waals surface area contributed by atoms with Crippen LogP contribution in [0.5, 0.6) is 11.5 Å². The molecule has 1 amide bonds. The van der Waals surface area contributed by atoms with Crippen LogP contribution in [0, 0.1) is 5.82 Å². The van der Waals surface area contributed by atoms with Gasteiger partial charge in [0.15, 0.2) is 17.6 Å². The minimum atomic E-state index is -0.858. The molecule has 0 aliphatic carbocycles. The third kappa shape index (κ3) is 4.20. The van der Waals surface area contributed by atoms with Crippen LogP contribution in [0.3, 0.4) is 0 Å². The van der Waals surface area contributed by atoms with Gasteiger partial charge in [0.2, 0.25) is 0 Å². The van der Waals surface area contributed by atoms with Crippen molar-refractivity contribution >= 4 is 28.1 Å². The molecular formula is C18H16BrFN2O4. The minimum absolute atomic E-state index is 0.318. The number of hydrazone groups is 1. The van der Waals surface area contributed by atoms with E-state index in [1.165, 1.54) is 19.4 Å². The summed E-state index contributed by atoms with van der Waals surface area (Å²) in [5.41, 5.74) is 3.67. The number of carbonyl (C=O) groups is 1. The number of benzene rings is 2. The lowest BCUT2D eigenvalue weighted by Crippen LogP contribution is -2.27. The van der Waals surface area contributed by atoms with Gasteiger partial charge in [0.1, 0.15) is 19.0 Å². The van der Waals surface area contributed by atoms with Gasteiger partial charge in [-0.2, -0.15) is 5.10 Å². The van der Waals surface area contributed by atoms with Gasteiger partial charge < -0.3 is 14.2 Å². The van der Waals surface area contributed by atoms with Gasteiger partial charge in [-0.05, 0) is 51.3 Å². The Bertz CT molecular complexity index is 844. The van der Waals surface area contributed by atoms with Gasteiger partial charge in [0.05, 0.1) is 10.7 Å². The van der Waals surface area contributed by atoms with Crippen molar-refractivity contribution in [1.82, 2.24) is 5.43 Å². The number of ether oxygens (including phenoxy) is 3. The second-order valence-electron chi connectivity index (χ2n) is 5.43. The molecule has 0 spiro atoms. The summed E-state index contributed by atoms with van der Waals surface area (Å²) in [6.07, 6.45) is 0.557. The first kappa shape index (κ1) is 18.3. The molecule has 0 radical (unpaired) electrons. The Labute approximate surface area is 158 Å². The zero-order chi connectivity index (χ0) is 18.5. The number of amides is 1. The van der Waals surface area contributed by atoms with Crippen LogP contribution in [-0.4, -0.2) is 32.4 Å². The number of carbonyl (C=O) groups excluding carboxylic acids is 1. The van der Waals surface area contributed by atoms with E-state index in [-0.39, 0.29) is 5.82 Å². The summed E-state index contributed by atoms with van der Waals surface area (Å²) < 4.78 is 29.8. The van der Waals surface area contributed by atoms with Crippen molar-refractivity contribution < 1.29 is 23.4 Å². The Hall–Kier alpha value is -2.45. The third-order valence-electron chi connectivity index (χ3n) is 3.67. The molecule has 0 saturated carbocycles. The molecule has 1 aliphatic heterocycles. The summed E-state index contributed by atoms with van der Waals surface area (Å²) in [5.74, 6) is 0.393. The van der Waals surface area contributed by atoms with Crippen molar-refractivity contribution in [3.8, 4) is 11.5 Å². The van der Waals surface area contributed by atoms with Crippen LogP contribution in [-0.2, 0) is 9.53 Å². The van der Waals surface area contributed by atoms with E-state index in [0.29, 0.717) is 40.3 Å². The zero-order valence-corrected chi connectivity index (χ0v) is 15.5. The number of halogens is 2. The maximum atomic E-state index is 13.2. The maximum absolute atomic E-state index is 13.2. The summed E-state index contributed by atoms with van der Waals surface area (Å²) in [4.78, 5) is 12.4. The molecule has 2 aromatic rings. The highest BCUT2D eigenvalue weighted by atomic mass is 79.9. The molecule has 1 heterocycles. The van der Waals surface area contributed by atoms with Crippen LogP contribution in [0.1, 0.15) is 17.2 Å². The molecule has 6 nitrogen and oxygen atoms in total. The van der Waals surface area contributed by atoms with Gasteiger partial charge in [-0.15, -0.1) is 0 Å². The number of nitrogens with one attached hydrogen (secondary N) is 1. The molecule has 8 heteroatoms. The molecule has 0 aromatic heterocycles. The standard InChI is InChI=1S/C18H16BrFN2O4/c1-24-17(12-3-5-15-16(9-12)26-7-6-25-15)18(23)22-21-10-11-2-4-14(20)13(19)8-11/h2-5,8-10,17H,6-7H2,1H3,(H,22,23). The largest absolute Gasteiger partial charge is 0.486 e. The number of hydrogen-bond acceptors (Lipinski definition) is 5. The van der Waals surface area contributed by atoms with Crippen molar-refractivity contribution in [1.29, 1.82) is 0 Å². The first-order chi connectivity index (χ1) is 12.6. The molecule has 2 aromatic carbocycles. The average Bonchev–Trinajstić information content (AvgIpc) is 2.65. The average molecular weight is 423 g/mol. The van der Waals surface area contributed by atoms with Crippen LogP contribution in [0.15, 0.2) is 46.0 Å². The van der Waals surface area contributed by atoms with E-state index in [0.717, 1.165) is 0 Å². The number of nitrogens with zero attached hydrogens (tertiary/aromatic N) is 1. The highest BCUT2D eigenvalue weighted by molar-refractivity contribution is 9.10. The van der Waals surface area contributed by atoms with E-state index in [9.17, 15) is 9.18 Å². The summed E-state index contributed by atoms with van der Waals surface area (Å²) in [6, 6.07) is 9.60. The van der Waals surface area contributed by atoms with Crippen molar-refractivity contribution in [2.45, 2.75) is 6.10 Å². The molecule has 3 rings (SSSR count). The van der Waals surface area contributed by atoms with Crippen LogP contribution >= 0.6 is 15.9 Å². The van der Waals surface area contributed by atoms with Gasteiger partial charge in [-0.1, -0.05) is 12.1 Å². The fourth-order valence-electron chi connectivity index (χ4n) is 2.44. The number of hydrogen-bond donors (Lipinski definition) is 1. The van der Waals surface area contributed by atoms with E-state index >= 15 is 0 Å². The minimum Gasteiger partial charge on any atom is -0.486 e. The molecular weight excluding hydrogens is 407 g/mol. The normalized spacial score (nSPS) is 14.3. The Morgan fingerprint density at radius 2 is 2.04 bits per heavy atom. The molecule has 0 fully saturated rings. The maximum Gasteiger partial charge on any atom is 0.273 e. The SMILES string of the molecule is COC(C(=O)NN=Cc1ccc(F)c(Br)c1)c1ccc2c(c1)OCCO2. The lowest BCUT2D eigenvalue weighted by atomic mass is 10.1. The van der Waals surface area contributed by atoms with Crippen LogP contribution in [0.2, 0.25) is 0 Å². The van der Waals surface area contributed by atoms with Crippen molar-refractivity contribution in [3.05, 3.63) is 57.8 Å². The van der Waals surface area contributed by atoms with Crippen LogP contribution in [0.4, 0.5) is 4.39 Å². The number of methoxy groups -OCH3 is 1.